The van der Waals surface area contributed by atoms with Crippen molar-refractivity contribution in [1.29, 1.82) is 0 Å². The fourth-order valence-electron chi connectivity index (χ4n) is 2.79. The zero-order valence-corrected chi connectivity index (χ0v) is 13.2. The molecule has 0 atom stereocenters. The predicted octanol–water partition coefficient (Wildman–Crippen LogP) is 2.88. The molecule has 2 amide bonds. The summed E-state index contributed by atoms with van der Waals surface area (Å²) in [5.41, 5.74) is 2.46. The highest BCUT2D eigenvalue weighted by molar-refractivity contribution is 6.23. The Morgan fingerprint density at radius 1 is 1.12 bits per heavy atom. The summed E-state index contributed by atoms with van der Waals surface area (Å²) < 4.78 is 0. The number of nitro benzene ring substituents is 1. The number of carbonyl (C=O) groups excluding carboxylic acids is 2. The number of nitrogens with one attached hydrogen (secondary N) is 1. The molecule has 1 N–H and O–H groups in total. The lowest BCUT2D eigenvalue weighted by Crippen LogP contribution is -2.34. The molecule has 122 valence electrons. The van der Waals surface area contributed by atoms with E-state index in [1.54, 1.807) is 0 Å². The van der Waals surface area contributed by atoms with Gasteiger partial charge in [-0.05, 0) is 31.5 Å². The zero-order valence-electron chi connectivity index (χ0n) is 13.2. The normalized spacial score (nSPS) is 13.2. The first-order valence-electron chi connectivity index (χ1n) is 7.35. The maximum absolute atomic E-state index is 12.5. The second-order valence-corrected chi connectivity index (χ2v) is 5.65. The Morgan fingerprint density at radius 2 is 1.88 bits per heavy atom. The van der Waals surface area contributed by atoms with Crippen molar-refractivity contribution in [2.24, 2.45) is 0 Å². The molecule has 1 heterocycles. The van der Waals surface area contributed by atoms with E-state index in [0.717, 1.165) is 21.7 Å². The zero-order chi connectivity index (χ0) is 17.4. The lowest BCUT2D eigenvalue weighted by atomic mass is 10.1. The summed E-state index contributed by atoms with van der Waals surface area (Å²) in [7, 11) is 0. The van der Waals surface area contributed by atoms with Gasteiger partial charge in [-0.3, -0.25) is 24.6 Å². The van der Waals surface area contributed by atoms with Crippen LogP contribution in [0.15, 0.2) is 36.4 Å². The Balaban J connectivity index is 1.86. The van der Waals surface area contributed by atoms with Crippen LogP contribution in [0.3, 0.4) is 0 Å². The van der Waals surface area contributed by atoms with Crippen molar-refractivity contribution in [3.8, 4) is 0 Å². The van der Waals surface area contributed by atoms with Crippen LogP contribution in [0.5, 0.6) is 0 Å². The van der Waals surface area contributed by atoms with Crippen LogP contribution in [0.25, 0.3) is 0 Å². The third-order valence-electron chi connectivity index (χ3n) is 3.98. The molecule has 2 aromatic carbocycles. The summed E-state index contributed by atoms with van der Waals surface area (Å²) in [6, 6.07) is 9.83. The molecular formula is C17H15N3O4. The number of hydrogen-bond donors (Lipinski definition) is 1. The standard InChI is InChI=1S/C17H15N3O4/c1-10-6-7-13(11(2)8-10)18-9-19-16(21)12-4-3-5-14(20(23)24)15(12)17(19)22/h3-8,18H,9H2,1-2H3. The van der Waals surface area contributed by atoms with Crippen LogP contribution in [-0.2, 0) is 0 Å². The Bertz CT molecular complexity index is 876. The predicted molar refractivity (Wildman–Crippen MR) is 88.0 cm³/mol. The van der Waals surface area contributed by atoms with Gasteiger partial charge in [0.1, 0.15) is 5.56 Å². The molecule has 24 heavy (non-hydrogen) atoms. The summed E-state index contributed by atoms with van der Waals surface area (Å²) in [5, 5.41) is 14.1. The van der Waals surface area contributed by atoms with Gasteiger partial charge in [-0.25, -0.2) is 0 Å². The number of anilines is 1. The number of benzene rings is 2. The molecule has 7 heteroatoms. The molecule has 0 aliphatic carbocycles. The van der Waals surface area contributed by atoms with E-state index < -0.39 is 16.7 Å². The van der Waals surface area contributed by atoms with Crippen molar-refractivity contribution in [3.63, 3.8) is 0 Å². The molecule has 2 aromatic rings. The number of nitro groups is 1. The van der Waals surface area contributed by atoms with Crippen LogP contribution in [0.1, 0.15) is 31.8 Å². The topological polar surface area (TPSA) is 92.6 Å². The molecule has 0 aromatic heterocycles. The number of nitrogens with zero attached hydrogens (tertiary/aromatic N) is 2. The third-order valence-corrected chi connectivity index (χ3v) is 3.98. The van der Waals surface area contributed by atoms with E-state index in [1.165, 1.54) is 18.2 Å². The van der Waals surface area contributed by atoms with Crippen LogP contribution >= 0.6 is 0 Å². The Hall–Kier alpha value is -3.22. The summed E-state index contributed by atoms with van der Waals surface area (Å²) in [6.45, 7) is 3.84. The minimum Gasteiger partial charge on any atom is -0.367 e. The van der Waals surface area contributed by atoms with E-state index in [1.807, 2.05) is 32.0 Å². The molecule has 7 nitrogen and oxygen atoms in total. The molecular weight excluding hydrogens is 310 g/mol. The molecule has 3 rings (SSSR count). The van der Waals surface area contributed by atoms with Crippen molar-refractivity contribution in [1.82, 2.24) is 4.90 Å². The first-order chi connectivity index (χ1) is 11.4. The molecule has 0 unspecified atom stereocenters. The highest BCUT2D eigenvalue weighted by Gasteiger charge is 2.40. The molecule has 0 saturated heterocycles. The van der Waals surface area contributed by atoms with Gasteiger partial charge in [-0.2, -0.15) is 0 Å². The SMILES string of the molecule is Cc1ccc(NCN2C(=O)c3cccc([N+](=O)[O-])c3C2=O)c(C)c1. The Labute approximate surface area is 138 Å². The Kier molecular flexibility index (Phi) is 3.76. The molecule has 0 saturated carbocycles. The number of amides is 2. The molecule has 0 bridgehead atoms. The first kappa shape index (κ1) is 15.7. The lowest BCUT2D eigenvalue weighted by molar-refractivity contribution is -0.385. The van der Waals surface area contributed by atoms with Gasteiger partial charge < -0.3 is 5.32 Å². The van der Waals surface area contributed by atoms with Crippen molar-refractivity contribution in [2.75, 3.05) is 12.0 Å². The van der Waals surface area contributed by atoms with E-state index in [9.17, 15) is 19.7 Å². The number of aryl methyl sites for hydroxylation is 2. The van der Waals surface area contributed by atoms with E-state index in [0.29, 0.717) is 0 Å². The number of imide groups is 1. The van der Waals surface area contributed by atoms with Gasteiger partial charge in [-0.1, -0.05) is 23.8 Å². The molecule has 0 spiro atoms. The summed E-state index contributed by atoms with van der Waals surface area (Å²) in [6.07, 6.45) is 0. The average molecular weight is 325 g/mol. The Morgan fingerprint density at radius 3 is 2.54 bits per heavy atom. The van der Waals surface area contributed by atoms with Gasteiger partial charge in [-0.15, -0.1) is 0 Å². The average Bonchev–Trinajstić information content (AvgIpc) is 2.78. The van der Waals surface area contributed by atoms with E-state index in [4.69, 9.17) is 0 Å². The monoisotopic (exact) mass is 325 g/mol. The lowest BCUT2D eigenvalue weighted by Gasteiger charge is -2.17. The molecule has 0 radical (unpaired) electrons. The second kappa shape index (κ2) is 5.77. The van der Waals surface area contributed by atoms with Gasteiger partial charge in [0.2, 0.25) is 0 Å². The van der Waals surface area contributed by atoms with E-state index in [-0.39, 0.29) is 23.5 Å². The van der Waals surface area contributed by atoms with Crippen LogP contribution in [0.4, 0.5) is 11.4 Å². The third kappa shape index (κ3) is 2.50. The minimum absolute atomic E-state index is 0.0482. The number of rotatable bonds is 4. The number of carbonyl (C=O) groups is 2. The van der Waals surface area contributed by atoms with Gasteiger partial charge >= 0.3 is 0 Å². The van der Waals surface area contributed by atoms with Gasteiger partial charge in [0, 0.05) is 11.8 Å². The van der Waals surface area contributed by atoms with Crippen LogP contribution in [0, 0.1) is 24.0 Å². The molecule has 1 aliphatic heterocycles. The number of fused-ring (bicyclic) bond motifs is 1. The van der Waals surface area contributed by atoms with Crippen molar-refractivity contribution in [2.45, 2.75) is 13.8 Å². The molecule has 0 fully saturated rings. The van der Waals surface area contributed by atoms with Gasteiger partial charge in [0.05, 0.1) is 17.2 Å². The minimum atomic E-state index is -0.653. The maximum Gasteiger partial charge on any atom is 0.282 e. The molecule has 1 aliphatic rings. The van der Waals surface area contributed by atoms with E-state index in [2.05, 4.69) is 5.32 Å². The van der Waals surface area contributed by atoms with Crippen LogP contribution in [-0.4, -0.2) is 28.3 Å². The van der Waals surface area contributed by atoms with Gasteiger partial charge in [0.25, 0.3) is 17.5 Å². The fourth-order valence-corrected chi connectivity index (χ4v) is 2.79. The summed E-state index contributed by atoms with van der Waals surface area (Å²) >= 11 is 0. The quantitative estimate of drug-likeness (QED) is 0.530. The summed E-state index contributed by atoms with van der Waals surface area (Å²) in [4.78, 5) is 36.3. The van der Waals surface area contributed by atoms with Gasteiger partial charge in [0.15, 0.2) is 0 Å². The second-order valence-electron chi connectivity index (χ2n) is 5.65. The van der Waals surface area contributed by atoms with Crippen molar-refractivity contribution in [3.05, 3.63) is 68.8 Å². The maximum atomic E-state index is 12.5. The van der Waals surface area contributed by atoms with Crippen LogP contribution < -0.4 is 5.32 Å². The smallest absolute Gasteiger partial charge is 0.282 e. The number of hydrogen-bond acceptors (Lipinski definition) is 5. The highest BCUT2D eigenvalue weighted by atomic mass is 16.6. The largest absolute Gasteiger partial charge is 0.367 e. The van der Waals surface area contributed by atoms with E-state index >= 15 is 0 Å². The first-order valence-corrected chi connectivity index (χ1v) is 7.35. The fraction of sp³-hybridized carbons (Fsp3) is 0.176. The van der Waals surface area contributed by atoms with Crippen molar-refractivity contribution >= 4 is 23.2 Å². The van der Waals surface area contributed by atoms with Crippen molar-refractivity contribution < 1.29 is 14.5 Å². The van der Waals surface area contributed by atoms with Crippen LogP contribution in [0.2, 0.25) is 0 Å². The summed E-state index contributed by atoms with van der Waals surface area (Å²) in [5.74, 6) is -1.18. The highest BCUT2D eigenvalue weighted by Crippen LogP contribution is 2.30.